The Labute approximate surface area is 143 Å². The predicted octanol–water partition coefficient (Wildman–Crippen LogP) is 2.38. The lowest BCUT2D eigenvalue weighted by atomic mass is 10.1. The second-order valence-corrected chi connectivity index (χ2v) is 6.22. The van der Waals surface area contributed by atoms with Crippen LogP contribution in [-0.2, 0) is 14.3 Å². The quantitative estimate of drug-likeness (QED) is 0.610. The number of carbonyl (C=O) groups is 3. The lowest BCUT2D eigenvalue weighted by Gasteiger charge is -2.12. The Morgan fingerprint density at radius 2 is 1.88 bits per heavy atom. The zero-order valence-corrected chi connectivity index (χ0v) is 14.1. The van der Waals surface area contributed by atoms with Gasteiger partial charge < -0.3 is 10.1 Å². The molecule has 0 spiro atoms. The number of hydrogen-bond acceptors (Lipinski definition) is 7. The third-order valence-corrected chi connectivity index (χ3v) is 3.82. The molecule has 24 heavy (non-hydrogen) atoms. The van der Waals surface area contributed by atoms with Crippen molar-refractivity contribution in [2.75, 3.05) is 5.32 Å². The second kappa shape index (κ2) is 8.30. The molecular formula is C16H17N3O4S. The number of nitrogens with one attached hydrogen (secondary N) is 1. The molecule has 1 aromatic carbocycles. The molecule has 1 aromatic heterocycles. The molecule has 1 heterocycles. The first kappa shape index (κ1) is 17.7. The lowest BCUT2D eigenvalue weighted by molar-refractivity contribution is -0.147. The molecule has 2 aromatic rings. The Morgan fingerprint density at radius 1 is 1.17 bits per heavy atom. The number of ether oxygens (including phenoxy) is 1. The van der Waals surface area contributed by atoms with E-state index in [-0.39, 0.29) is 24.5 Å². The number of rotatable bonds is 7. The van der Waals surface area contributed by atoms with Crippen LogP contribution in [0.5, 0.6) is 0 Å². The first-order valence-electron chi connectivity index (χ1n) is 7.34. The van der Waals surface area contributed by atoms with Crippen LogP contribution in [0.15, 0.2) is 30.3 Å². The monoisotopic (exact) mass is 347 g/mol. The first-order valence-corrected chi connectivity index (χ1v) is 8.16. The molecule has 0 aliphatic carbocycles. The molecule has 0 saturated heterocycles. The minimum atomic E-state index is -0.895. The molecule has 1 N–H and O–H groups in total. The van der Waals surface area contributed by atoms with Gasteiger partial charge in [0, 0.05) is 12.0 Å². The summed E-state index contributed by atoms with van der Waals surface area (Å²) in [6, 6.07) is 8.59. The minimum absolute atomic E-state index is 0.0519. The van der Waals surface area contributed by atoms with Gasteiger partial charge in [-0.3, -0.25) is 14.4 Å². The first-order chi connectivity index (χ1) is 11.5. The summed E-state index contributed by atoms with van der Waals surface area (Å²) >= 11 is 1.25. The number of anilines is 1. The zero-order chi connectivity index (χ0) is 17.5. The van der Waals surface area contributed by atoms with E-state index in [4.69, 9.17) is 4.74 Å². The van der Waals surface area contributed by atoms with E-state index in [1.54, 1.807) is 37.3 Å². The van der Waals surface area contributed by atoms with Crippen molar-refractivity contribution in [2.45, 2.75) is 32.8 Å². The van der Waals surface area contributed by atoms with E-state index in [0.717, 1.165) is 5.01 Å². The summed E-state index contributed by atoms with van der Waals surface area (Å²) in [5, 5.41) is 11.2. The van der Waals surface area contributed by atoms with E-state index < -0.39 is 12.1 Å². The topological polar surface area (TPSA) is 98.2 Å². The van der Waals surface area contributed by atoms with E-state index in [1.807, 2.05) is 0 Å². The number of ketones is 1. The summed E-state index contributed by atoms with van der Waals surface area (Å²) in [6.45, 7) is 3.28. The van der Waals surface area contributed by atoms with Crippen LogP contribution in [0.3, 0.4) is 0 Å². The molecule has 0 radical (unpaired) electrons. The van der Waals surface area contributed by atoms with Gasteiger partial charge in [0.2, 0.25) is 16.8 Å². The maximum Gasteiger partial charge on any atom is 0.307 e. The number of aromatic nitrogens is 2. The molecule has 2 rings (SSSR count). The van der Waals surface area contributed by atoms with Gasteiger partial charge in [0.25, 0.3) is 0 Å². The third-order valence-electron chi connectivity index (χ3n) is 3.06. The van der Waals surface area contributed by atoms with E-state index in [1.165, 1.54) is 18.3 Å². The SMILES string of the molecule is Cc1nnc(NC(=O)CCC(=O)O[C@@H](C)C(=O)c2ccccc2)s1. The number of benzene rings is 1. The Bertz CT molecular complexity index is 730. The molecule has 0 aliphatic heterocycles. The highest BCUT2D eigenvalue weighted by atomic mass is 32.1. The molecule has 0 saturated carbocycles. The summed E-state index contributed by atoms with van der Waals surface area (Å²) in [5.41, 5.74) is 0.474. The van der Waals surface area contributed by atoms with Crippen molar-refractivity contribution >= 4 is 34.1 Å². The number of hydrogen-bond donors (Lipinski definition) is 1. The molecule has 126 valence electrons. The smallest absolute Gasteiger partial charge is 0.307 e. The Morgan fingerprint density at radius 3 is 2.50 bits per heavy atom. The fourth-order valence-corrected chi connectivity index (χ4v) is 2.50. The third kappa shape index (κ3) is 5.24. The van der Waals surface area contributed by atoms with Gasteiger partial charge in [-0.2, -0.15) is 0 Å². The summed E-state index contributed by atoms with van der Waals surface area (Å²) in [7, 11) is 0. The van der Waals surface area contributed by atoms with Crippen LogP contribution in [0.2, 0.25) is 0 Å². The number of nitrogens with zero attached hydrogens (tertiary/aromatic N) is 2. The summed E-state index contributed by atoms with van der Waals surface area (Å²) in [4.78, 5) is 35.6. The fourth-order valence-electron chi connectivity index (χ4n) is 1.89. The number of esters is 1. The lowest BCUT2D eigenvalue weighted by Crippen LogP contribution is -2.25. The normalized spacial score (nSPS) is 11.6. The van der Waals surface area contributed by atoms with Crippen LogP contribution in [-0.4, -0.2) is 34.0 Å². The standard InChI is InChI=1S/C16H17N3O4S/c1-10(15(22)12-6-4-3-5-7-12)23-14(21)9-8-13(20)17-16-19-18-11(2)24-16/h3-7,10H,8-9H2,1-2H3,(H,17,19,20)/t10-/m0/s1. The molecule has 1 amide bonds. The van der Waals surface area contributed by atoms with Crippen LogP contribution < -0.4 is 5.32 Å². The Hall–Kier alpha value is -2.61. The predicted molar refractivity (Wildman–Crippen MR) is 88.8 cm³/mol. The summed E-state index contributed by atoms with van der Waals surface area (Å²) < 4.78 is 5.08. The van der Waals surface area contributed by atoms with Crippen molar-refractivity contribution in [3.8, 4) is 0 Å². The van der Waals surface area contributed by atoms with Crippen molar-refractivity contribution in [3.63, 3.8) is 0 Å². The average molecular weight is 347 g/mol. The van der Waals surface area contributed by atoms with Gasteiger partial charge in [0.1, 0.15) is 5.01 Å². The van der Waals surface area contributed by atoms with Crippen LogP contribution in [0.4, 0.5) is 5.13 Å². The van der Waals surface area contributed by atoms with Gasteiger partial charge in [-0.15, -0.1) is 10.2 Å². The molecule has 0 unspecified atom stereocenters. The Kier molecular flexibility index (Phi) is 6.14. The number of carbonyl (C=O) groups excluding carboxylic acids is 3. The van der Waals surface area contributed by atoms with Crippen LogP contribution in [0.25, 0.3) is 0 Å². The van der Waals surface area contributed by atoms with Crippen molar-refractivity contribution in [1.29, 1.82) is 0 Å². The number of Topliss-reactive ketones (excluding diaryl/α,β-unsaturated/α-hetero) is 1. The van der Waals surface area contributed by atoms with Crippen LogP contribution in [0.1, 0.15) is 35.1 Å². The highest BCUT2D eigenvalue weighted by Crippen LogP contribution is 2.14. The van der Waals surface area contributed by atoms with Gasteiger partial charge in [-0.25, -0.2) is 0 Å². The Balaban J connectivity index is 1.76. The van der Waals surface area contributed by atoms with E-state index in [2.05, 4.69) is 15.5 Å². The number of amides is 1. The van der Waals surface area contributed by atoms with Gasteiger partial charge >= 0.3 is 5.97 Å². The summed E-state index contributed by atoms with van der Waals surface area (Å²) in [5.74, 6) is -1.24. The summed E-state index contributed by atoms with van der Waals surface area (Å²) in [6.07, 6.45) is -1.06. The molecule has 0 bridgehead atoms. The molecule has 0 aliphatic rings. The molecule has 0 fully saturated rings. The fraction of sp³-hybridized carbons (Fsp3) is 0.312. The molecular weight excluding hydrogens is 330 g/mol. The van der Waals surface area contributed by atoms with Crippen molar-refractivity contribution in [1.82, 2.24) is 10.2 Å². The highest BCUT2D eigenvalue weighted by molar-refractivity contribution is 7.15. The van der Waals surface area contributed by atoms with E-state index >= 15 is 0 Å². The highest BCUT2D eigenvalue weighted by Gasteiger charge is 2.19. The van der Waals surface area contributed by atoms with Crippen molar-refractivity contribution in [2.24, 2.45) is 0 Å². The molecule has 1 atom stereocenters. The molecule has 8 heteroatoms. The second-order valence-electron chi connectivity index (χ2n) is 5.04. The van der Waals surface area contributed by atoms with Crippen molar-refractivity contribution < 1.29 is 19.1 Å². The average Bonchev–Trinajstić information content (AvgIpc) is 2.98. The van der Waals surface area contributed by atoms with Crippen LogP contribution in [0, 0.1) is 6.92 Å². The van der Waals surface area contributed by atoms with Gasteiger partial charge in [0.05, 0.1) is 6.42 Å². The largest absolute Gasteiger partial charge is 0.454 e. The zero-order valence-electron chi connectivity index (χ0n) is 13.3. The van der Waals surface area contributed by atoms with Gasteiger partial charge in [-0.05, 0) is 13.8 Å². The maximum absolute atomic E-state index is 12.1. The van der Waals surface area contributed by atoms with Crippen molar-refractivity contribution in [3.05, 3.63) is 40.9 Å². The van der Waals surface area contributed by atoms with Gasteiger partial charge in [0.15, 0.2) is 6.10 Å². The van der Waals surface area contributed by atoms with E-state index in [9.17, 15) is 14.4 Å². The van der Waals surface area contributed by atoms with Gasteiger partial charge in [-0.1, -0.05) is 41.7 Å². The number of aryl methyl sites for hydroxylation is 1. The van der Waals surface area contributed by atoms with Crippen LogP contribution >= 0.6 is 11.3 Å². The molecule has 7 nitrogen and oxygen atoms in total. The maximum atomic E-state index is 12.1. The minimum Gasteiger partial charge on any atom is -0.454 e. The van der Waals surface area contributed by atoms with E-state index in [0.29, 0.717) is 10.7 Å².